The molecule has 0 aliphatic rings. The molecular weight excluding hydrogens is 289 g/mol. The Labute approximate surface area is 118 Å². The van der Waals surface area contributed by atoms with Gasteiger partial charge in [-0.2, -0.15) is 13.2 Å². The van der Waals surface area contributed by atoms with Gasteiger partial charge in [-0.25, -0.2) is 4.79 Å². The molecule has 21 heavy (non-hydrogen) atoms. The molecule has 116 valence electrons. The molecule has 0 saturated heterocycles. The van der Waals surface area contributed by atoms with Crippen LogP contribution >= 0.6 is 0 Å². The summed E-state index contributed by atoms with van der Waals surface area (Å²) in [5.41, 5.74) is 3.65. The van der Waals surface area contributed by atoms with Gasteiger partial charge in [-0.15, -0.1) is 0 Å². The summed E-state index contributed by atoms with van der Waals surface area (Å²) in [7, 11) is 0. The van der Waals surface area contributed by atoms with Crippen molar-refractivity contribution in [2.24, 2.45) is 11.7 Å². The van der Waals surface area contributed by atoms with Crippen molar-refractivity contribution < 1.29 is 27.9 Å². The molecule has 0 aliphatic heterocycles. The standard InChI is InChI=1S/C13H15F3N2O3/c1-6(2)10(17)11(19)18-9-5-7(13(14,15)16)3-4-8(9)12(20)21/h3-6,10H,17H2,1-2H3,(H,18,19)(H,20,21). The van der Waals surface area contributed by atoms with Crippen LogP contribution in [0.2, 0.25) is 0 Å². The van der Waals surface area contributed by atoms with Crippen LogP contribution in [0.25, 0.3) is 0 Å². The van der Waals surface area contributed by atoms with Crippen LogP contribution < -0.4 is 11.1 Å². The van der Waals surface area contributed by atoms with E-state index in [0.29, 0.717) is 12.1 Å². The summed E-state index contributed by atoms with van der Waals surface area (Å²) in [6.07, 6.45) is -4.64. The summed E-state index contributed by atoms with van der Waals surface area (Å²) < 4.78 is 37.9. The van der Waals surface area contributed by atoms with Gasteiger partial charge in [0.05, 0.1) is 22.9 Å². The molecule has 0 radical (unpaired) electrons. The van der Waals surface area contributed by atoms with Gasteiger partial charge in [0.25, 0.3) is 0 Å². The van der Waals surface area contributed by atoms with E-state index in [-0.39, 0.29) is 5.92 Å². The number of alkyl halides is 3. The predicted octanol–water partition coefficient (Wildman–Crippen LogP) is 2.33. The molecule has 4 N–H and O–H groups in total. The van der Waals surface area contributed by atoms with E-state index in [1.807, 2.05) is 0 Å². The monoisotopic (exact) mass is 304 g/mol. The van der Waals surface area contributed by atoms with Gasteiger partial charge >= 0.3 is 12.1 Å². The van der Waals surface area contributed by atoms with Crippen molar-refractivity contribution in [1.29, 1.82) is 0 Å². The smallest absolute Gasteiger partial charge is 0.416 e. The molecule has 0 aliphatic carbocycles. The first kappa shape index (κ1) is 17.0. The normalized spacial score (nSPS) is 13.1. The summed E-state index contributed by atoms with van der Waals surface area (Å²) in [6.45, 7) is 3.32. The summed E-state index contributed by atoms with van der Waals surface area (Å²) in [4.78, 5) is 22.8. The lowest BCUT2D eigenvalue weighted by Gasteiger charge is -2.17. The van der Waals surface area contributed by atoms with E-state index in [4.69, 9.17) is 10.8 Å². The Hall–Kier alpha value is -2.09. The highest BCUT2D eigenvalue weighted by molar-refractivity contribution is 6.02. The number of carbonyl (C=O) groups is 2. The van der Waals surface area contributed by atoms with E-state index in [0.717, 1.165) is 6.07 Å². The number of benzene rings is 1. The van der Waals surface area contributed by atoms with Crippen LogP contribution in [0, 0.1) is 5.92 Å². The summed E-state index contributed by atoms with van der Waals surface area (Å²) in [6, 6.07) is 1.05. The van der Waals surface area contributed by atoms with Crippen molar-refractivity contribution in [1.82, 2.24) is 0 Å². The Morgan fingerprint density at radius 2 is 1.86 bits per heavy atom. The van der Waals surface area contributed by atoms with Gasteiger partial charge in [0, 0.05) is 0 Å². The molecule has 8 heteroatoms. The van der Waals surface area contributed by atoms with Crippen LogP contribution in [0.1, 0.15) is 29.8 Å². The fourth-order valence-corrected chi connectivity index (χ4v) is 1.53. The number of halogens is 3. The summed E-state index contributed by atoms with van der Waals surface area (Å²) >= 11 is 0. The topological polar surface area (TPSA) is 92.4 Å². The predicted molar refractivity (Wildman–Crippen MR) is 69.8 cm³/mol. The number of carbonyl (C=O) groups excluding carboxylic acids is 1. The number of hydrogen-bond donors (Lipinski definition) is 3. The maximum atomic E-state index is 12.6. The van der Waals surface area contributed by atoms with Crippen molar-refractivity contribution in [3.63, 3.8) is 0 Å². The molecule has 0 saturated carbocycles. The van der Waals surface area contributed by atoms with Crippen LogP contribution in [-0.2, 0) is 11.0 Å². The molecule has 5 nitrogen and oxygen atoms in total. The fraction of sp³-hybridized carbons (Fsp3) is 0.385. The zero-order valence-corrected chi connectivity index (χ0v) is 11.4. The van der Waals surface area contributed by atoms with Crippen LogP contribution in [0.5, 0.6) is 0 Å². The van der Waals surface area contributed by atoms with E-state index in [1.54, 1.807) is 13.8 Å². The number of anilines is 1. The maximum Gasteiger partial charge on any atom is 0.416 e. The molecule has 1 rings (SSSR count). The van der Waals surface area contributed by atoms with E-state index in [2.05, 4.69) is 5.32 Å². The first-order valence-electron chi connectivity index (χ1n) is 6.05. The molecule has 0 bridgehead atoms. The molecule has 1 atom stereocenters. The van der Waals surface area contributed by atoms with Crippen molar-refractivity contribution >= 4 is 17.6 Å². The average Bonchev–Trinajstić information content (AvgIpc) is 2.36. The number of rotatable bonds is 4. The number of hydrogen-bond acceptors (Lipinski definition) is 3. The third-order valence-electron chi connectivity index (χ3n) is 2.86. The molecule has 0 aromatic heterocycles. The first-order chi connectivity index (χ1) is 9.54. The Balaban J connectivity index is 3.19. The largest absolute Gasteiger partial charge is 0.478 e. The van der Waals surface area contributed by atoms with Gasteiger partial charge in [0.2, 0.25) is 5.91 Å². The lowest BCUT2D eigenvalue weighted by Crippen LogP contribution is -2.40. The number of carboxylic acid groups (broad SMARTS) is 1. The number of nitrogens with one attached hydrogen (secondary N) is 1. The van der Waals surface area contributed by atoms with Gasteiger partial charge in [-0.3, -0.25) is 4.79 Å². The molecule has 1 aromatic rings. The zero-order valence-electron chi connectivity index (χ0n) is 11.4. The van der Waals surface area contributed by atoms with Crippen LogP contribution in [0.3, 0.4) is 0 Å². The lowest BCUT2D eigenvalue weighted by molar-refractivity contribution is -0.137. The second-order valence-corrected chi connectivity index (χ2v) is 4.82. The zero-order chi connectivity index (χ0) is 16.4. The number of aromatic carboxylic acids is 1. The highest BCUT2D eigenvalue weighted by atomic mass is 19.4. The molecule has 0 heterocycles. The van der Waals surface area contributed by atoms with Gasteiger partial charge < -0.3 is 16.2 Å². The van der Waals surface area contributed by atoms with Gasteiger partial charge in [0.15, 0.2) is 0 Å². The minimum absolute atomic E-state index is 0.246. The summed E-state index contributed by atoms with van der Waals surface area (Å²) in [5.74, 6) is -2.44. The average molecular weight is 304 g/mol. The molecule has 1 unspecified atom stereocenters. The number of carboxylic acids is 1. The van der Waals surface area contributed by atoms with E-state index < -0.39 is 40.9 Å². The molecule has 0 spiro atoms. The Bertz CT molecular complexity index is 556. The highest BCUT2D eigenvalue weighted by Crippen LogP contribution is 2.32. The van der Waals surface area contributed by atoms with Crippen LogP contribution in [0.15, 0.2) is 18.2 Å². The molecule has 0 fully saturated rings. The lowest BCUT2D eigenvalue weighted by atomic mass is 10.0. The van der Waals surface area contributed by atoms with Gasteiger partial charge in [0.1, 0.15) is 0 Å². The Morgan fingerprint density at radius 3 is 2.29 bits per heavy atom. The third kappa shape index (κ3) is 4.19. The Kier molecular flexibility index (Phi) is 4.95. The molecule has 1 amide bonds. The van der Waals surface area contributed by atoms with Gasteiger partial charge in [-0.05, 0) is 24.1 Å². The second-order valence-electron chi connectivity index (χ2n) is 4.82. The maximum absolute atomic E-state index is 12.6. The summed E-state index contributed by atoms with van der Waals surface area (Å²) in [5, 5.41) is 11.1. The van der Waals surface area contributed by atoms with Crippen LogP contribution in [0.4, 0.5) is 18.9 Å². The quantitative estimate of drug-likeness (QED) is 0.796. The number of nitrogens with two attached hydrogens (primary N) is 1. The van der Waals surface area contributed by atoms with E-state index in [1.165, 1.54) is 0 Å². The van der Waals surface area contributed by atoms with E-state index in [9.17, 15) is 22.8 Å². The van der Waals surface area contributed by atoms with Gasteiger partial charge in [-0.1, -0.05) is 13.8 Å². The SMILES string of the molecule is CC(C)C(N)C(=O)Nc1cc(C(F)(F)F)ccc1C(=O)O. The third-order valence-corrected chi connectivity index (χ3v) is 2.86. The van der Waals surface area contributed by atoms with Crippen molar-refractivity contribution in [3.05, 3.63) is 29.3 Å². The van der Waals surface area contributed by atoms with Crippen molar-refractivity contribution in [2.45, 2.75) is 26.1 Å². The van der Waals surface area contributed by atoms with Crippen molar-refractivity contribution in [2.75, 3.05) is 5.32 Å². The minimum atomic E-state index is -4.64. The molecule has 1 aromatic carbocycles. The Morgan fingerprint density at radius 1 is 1.29 bits per heavy atom. The minimum Gasteiger partial charge on any atom is -0.478 e. The first-order valence-corrected chi connectivity index (χ1v) is 6.05. The second kappa shape index (κ2) is 6.13. The number of amides is 1. The van der Waals surface area contributed by atoms with Crippen LogP contribution in [-0.4, -0.2) is 23.0 Å². The van der Waals surface area contributed by atoms with E-state index >= 15 is 0 Å². The fourth-order valence-electron chi connectivity index (χ4n) is 1.53. The van der Waals surface area contributed by atoms with Crippen molar-refractivity contribution in [3.8, 4) is 0 Å². The highest BCUT2D eigenvalue weighted by Gasteiger charge is 2.32. The molecular formula is C13H15F3N2O3.